The van der Waals surface area contributed by atoms with Crippen molar-refractivity contribution in [3.63, 3.8) is 0 Å². The topological polar surface area (TPSA) is 38.3 Å². The van der Waals surface area contributed by atoms with Gasteiger partial charge in [0.25, 0.3) is 0 Å². The van der Waals surface area contributed by atoms with Crippen LogP contribution in [0.4, 0.5) is 23.7 Å². The molecular formula is C18H22F3NO2. The fraction of sp³-hybridized carbons (Fsp3) is 0.611. The maximum absolute atomic E-state index is 12.7. The number of ether oxygens (including phenoxy) is 1. The highest BCUT2D eigenvalue weighted by atomic mass is 19.4. The van der Waals surface area contributed by atoms with Crippen molar-refractivity contribution in [2.45, 2.75) is 57.2 Å². The quantitative estimate of drug-likeness (QED) is 0.759. The van der Waals surface area contributed by atoms with Crippen LogP contribution in [0.25, 0.3) is 0 Å². The van der Waals surface area contributed by atoms with Gasteiger partial charge < -0.3 is 4.74 Å². The summed E-state index contributed by atoms with van der Waals surface area (Å²) in [7, 11) is 0. The number of nitrogens with one attached hydrogen (secondary N) is 1. The first-order chi connectivity index (χ1) is 11.4. The third kappa shape index (κ3) is 4.22. The third-order valence-electron chi connectivity index (χ3n) is 5.20. The van der Waals surface area contributed by atoms with Crippen LogP contribution in [0.15, 0.2) is 24.3 Å². The molecule has 1 amide bonds. The maximum Gasteiger partial charge on any atom is 0.416 e. The fourth-order valence-electron chi connectivity index (χ4n) is 4.01. The number of hydrogen-bond acceptors (Lipinski definition) is 2. The van der Waals surface area contributed by atoms with Gasteiger partial charge in [0, 0.05) is 5.69 Å². The predicted octanol–water partition coefficient (Wildman–Crippen LogP) is 5.61. The number of hydrogen-bond donors (Lipinski definition) is 1. The van der Waals surface area contributed by atoms with E-state index in [1.807, 2.05) is 0 Å². The molecule has 24 heavy (non-hydrogen) atoms. The first kappa shape index (κ1) is 17.1. The summed E-state index contributed by atoms with van der Waals surface area (Å²) < 4.78 is 43.5. The largest absolute Gasteiger partial charge is 0.446 e. The molecule has 0 radical (unpaired) electrons. The Morgan fingerprint density at radius 1 is 1.08 bits per heavy atom. The zero-order valence-electron chi connectivity index (χ0n) is 13.4. The van der Waals surface area contributed by atoms with Crippen LogP contribution in [0.2, 0.25) is 0 Å². The molecule has 1 aromatic rings. The maximum atomic E-state index is 12.7. The molecule has 0 heterocycles. The minimum Gasteiger partial charge on any atom is -0.446 e. The molecule has 2 saturated carbocycles. The molecule has 2 aliphatic rings. The van der Waals surface area contributed by atoms with E-state index < -0.39 is 17.8 Å². The van der Waals surface area contributed by atoms with Gasteiger partial charge in [-0.1, -0.05) is 31.7 Å². The zero-order valence-corrected chi connectivity index (χ0v) is 13.4. The van der Waals surface area contributed by atoms with Crippen LogP contribution in [0.3, 0.4) is 0 Å². The highest BCUT2D eigenvalue weighted by Crippen LogP contribution is 2.41. The van der Waals surface area contributed by atoms with Crippen LogP contribution in [-0.4, -0.2) is 12.2 Å². The second-order valence-electron chi connectivity index (χ2n) is 6.85. The molecule has 6 heteroatoms. The first-order valence-corrected chi connectivity index (χ1v) is 8.57. The third-order valence-corrected chi connectivity index (χ3v) is 5.20. The highest BCUT2D eigenvalue weighted by molar-refractivity contribution is 5.84. The summed E-state index contributed by atoms with van der Waals surface area (Å²) in [4.78, 5) is 12.0. The highest BCUT2D eigenvalue weighted by Gasteiger charge is 2.34. The second-order valence-corrected chi connectivity index (χ2v) is 6.85. The average Bonchev–Trinajstić information content (AvgIpc) is 2.54. The number of halogens is 3. The van der Waals surface area contributed by atoms with E-state index in [0.717, 1.165) is 37.3 Å². The Bertz CT molecular complexity index is 588. The average molecular weight is 341 g/mol. The summed E-state index contributed by atoms with van der Waals surface area (Å²) in [6, 6.07) is 4.58. The van der Waals surface area contributed by atoms with E-state index in [9.17, 15) is 18.0 Å². The Morgan fingerprint density at radius 2 is 1.83 bits per heavy atom. The van der Waals surface area contributed by atoms with Crippen LogP contribution in [0, 0.1) is 11.8 Å². The lowest BCUT2D eigenvalue weighted by atomic mass is 9.70. The Hall–Kier alpha value is -1.72. The molecule has 0 aromatic heterocycles. The van der Waals surface area contributed by atoms with E-state index in [0.29, 0.717) is 5.92 Å². The van der Waals surface area contributed by atoms with Crippen molar-refractivity contribution >= 4 is 11.8 Å². The normalized spacial score (nSPS) is 27.2. The van der Waals surface area contributed by atoms with Crippen LogP contribution in [0.5, 0.6) is 0 Å². The summed E-state index contributed by atoms with van der Waals surface area (Å²) in [6.45, 7) is 0. The van der Waals surface area contributed by atoms with Gasteiger partial charge in [-0.2, -0.15) is 13.2 Å². The molecule has 3 rings (SSSR count). The molecular weight excluding hydrogens is 319 g/mol. The Balaban J connectivity index is 1.54. The number of rotatable bonds is 2. The number of amides is 1. The van der Waals surface area contributed by atoms with Crippen LogP contribution < -0.4 is 5.32 Å². The summed E-state index contributed by atoms with van der Waals surface area (Å²) in [5, 5.41) is 2.41. The molecule has 3 atom stereocenters. The van der Waals surface area contributed by atoms with Crippen molar-refractivity contribution in [3.05, 3.63) is 29.8 Å². The van der Waals surface area contributed by atoms with E-state index >= 15 is 0 Å². The monoisotopic (exact) mass is 341 g/mol. The lowest BCUT2D eigenvalue weighted by Gasteiger charge is -2.38. The van der Waals surface area contributed by atoms with Crippen molar-refractivity contribution in [2.24, 2.45) is 11.8 Å². The van der Waals surface area contributed by atoms with Crippen LogP contribution in [0.1, 0.15) is 50.5 Å². The molecule has 3 nitrogen and oxygen atoms in total. The SMILES string of the molecule is O=C(Nc1cccc(C(F)(F)F)c1)O[C@H]1CC[C@H]2CCCC[C@@H]2C1. The van der Waals surface area contributed by atoms with Gasteiger partial charge in [-0.3, -0.25) is 5.32 Å². The molecule has 0 aliphatic heterocycles. The van der Waals surface area contributed by atoms with Crippen molar-refractivity contribution < 1.29 is 22.7 Å². The van der Waals surface area contributed by atoms with Crippen molar-refractivity contribution in [3.8, 4) is 0 Å². The van der Waals surface area contributed by atoms with Gasteiger partial charge in [-0.15, -0.1) is 0 Å². The molecule has 0 spiro atoms. The fourth-order valence-corrected chi connectivity index (χ4v) is 4.01. The summed E-state index contributed by atoms with van der Waals surface area (Å²) in [6.07, 6.45) is 2.56. The van der Waals surface area contributed by atoms with Gasteiger partial charge in [-0.25, -0.2) is 4.79 Å². The van der Waals surface area contributed by atoms with E-state index in [2.05, 4.69) is 5.32 Å². The number of benzene rings is 1. The van der Waals surface area contributed by atoms with Crippen molar-refractivity contribution in [2.75, 3.05) is 5.32 Å². The smallest absolute Gasteiger partial charge is 0.416 e. The van der Waals surface area contributed by atoms with Crippen LogP contribution in [-0.2, 0) is 10.9 Å². The minimum absolute atomic E-state index is 0.0983. The van der Waals surface area contributed by atoms with Gasteiger partial charge in [0.15, 0.2) is 0 Å². The summed E-state index contributed by atoms with van der Waals surface area (Å²) in [5.41, 5.74) is -0.691. The van der Waals surface area contributed by atoms with Gasteiger partial charge in [-0.05, 0) is 49.3 Å². The van der Waals surface area contributed by atoms with E-state index in [1.54, 1.807) is 0 Å². The number of alkyl halides is 3. The van der Waals surface area contributed by atoms with Gasteiger partial charge >= 0.3 is 12.3 Å². The standard InChI is InChI=1S/C18H22F3NO2/c19-18(20,21)14-6-3-7-15(11-14)22-17(23)24-16-9-8-12-4-1-2-5-13(12)10-16/h3,6-7,11-13,16H,1-2,4-5,8-10H2,(H,22,23)/t12-,13-,16+/m1/s1. The Kier molecular flexibility index (Phi) is 5.01. The molecule has 1 aromatic carbocycles. The summed E-state index contributed by atoms with van der Waals surface area (Å²) in [5.74, 6) is 1.38. The van der Waals surface area contributed by atoms with E-state index in [4.69, 9.17) is 4.74 Å². The molecule has 1 N–H and O–H groups in total. The molecule has 0 unspecified atom stereocenters. The molecule has 2 aliphatic carbocycles. The van der Waals surface area contributed by atoms with Gasteiger partial charge in [0.05, 0.1) is 5.56 Å². The van der Waals surface area contributed by atoms with Gasteiger partial charge in [0.2, 0.25) is 0 Å². The summed E-state index contributed by atoms with van der Waals surface area (Å²) >= 11 is 0. The molecule has 2 fully saturated rings. The predicted molar refractivity (Wildman–Crippen MR) is 84.6 cm³/mol. The first-order valence-electron chi connectivity index (χ1n) is 8.57. The van der Waals surface area contributed by atoms with Gasteiger partial charge in [0.1, 0.15) is 6.10 Å². The number of anilines is 1. The number of fused-ring (bicyclic) bond motifs is 1. The van der Waals surface area contributed by atoms with E-state index in [-0.39, 0.29) is 11.8 Å². The van der Waals surface area contributed by atoms with Crippen molar-refractivity contribution in [1.29, 1.82) is 0 Å². The Morgan fingerprint density at radius 3 is 2.58 bits per heavy atom. The molecule has 132 valence electrons. The van der Waals surface area contributed by atoms with Crippen molar-refractivity contribution in [1.82, 2.24) is 0 Å². The van der Waals surface area contributed by atoms with E-state index in [1.165, 1.54) is 37.8 Å². The van der Waals surface area contributed by atoms with Crippen LogP contribution >= 0.6 is 0 Å². The molecule has 0 bridgehead atoms. The number of carbonyl (C=O) groups is 1. The Labute approximate surface area is 139 Å². The second kappa shape index (κ2) is 7.03. The lowest BCUT2D eigenvalue weighted by Crippen LogP contribution is -2.34. The lowest BCUT2D eigenvalue weighted by molar-refractivity contribution is -0.137. The minimum atomic E-state index is -4.43. The number of carbonyl (C=O) groups excluding carboxylic acids is 1. The zero-order chi connectivity index (χ0) is 17.2. The molecule has 0 saturated heterocycles.